The van der Waals surface area contributed by atoms with Crippen LogP contribution < -0.4 is 16.6 Å². The van der Waals surface area contributed by atoms with Gasteiger partial charge in [-0.05, 0) is 19.8 Å². The number of hydrogen-bond donors (Lipinski definition) is 3. The van der Waals surface area contributed by atoms with Gasteiger partial charge in [0.05, 0.1) is 6.33 Å². The molecule has 7 heteroatoms. The summed E-state index contributed by atoms with van der Waals surface area (Å²) in [6.45, 7) is 3.33. The minimum absolute atomic E-state index is 0.00132. The summed E-state index contributed by atoms with van der Waals surface area (Å²) in [5.74, 6) is 0.257. The molecule has 0 saturated carbocycles. The molecule has 1 aliphatic rings. The van der Waals surface area contributed by atoms with E-state index in [1.54, 1.807) is 11.8 Å². The maximum Gasteiger partial charge on any atom is 0.276 e. The zero-order valence-corrected chi connectivity index (χ0v) is 10.3. The summed E-state index contributed by atoms with van der Waals surface area (Å²) in [5, 5.41) is 2.88. The van der Waals surface area contributed by atoms with Crippen LogP contribution in [0.4, 0.5) is 11.5 Å². The molecule has 1 unspecified atom stereocenters. The molecule has 18 heavy (non-hydrogen) atoms. The Balaban J connectivity index is 2.06. The molecule has 1 aliphatic heterocycles. The van der Waals surface area contributed by atoms with E-state index in [9.17, 15) is 9.59 Å². The lowest BCUT2D eigenvalue weighted by atomic mass is 10.3. The van der Waals surface area contributed by atoms with Crippen LogP contribution in [0.5, 0.6) is 0 Å². The number of nitrogens with two attached hydrogens (primary N) is 1. The van der Waals surface area contributed by atoms with Crippen molar-refractivity contribution in [1.29, 1.82) is 0 Å². The Bertz CT molecular complexity index is 492. The van der Waals surface area contributed by atoms with Crippen molar-refractivity contribution in [2.24, 2.45) is 0 Å². The highest BCUT2D eigenvalue weighted by molar-refractivity contribution is 5.85. The number of rotatable bonds is 3. The Hall–Kier alpha value is -2.05. The highest BCUT2D eigenvalue weighted by Gasteiger charge is 2.23. The lowest BCUT2D eigenvalue weighted by Crippen LogP contribution is -2.40. The molecule has 1 atom stereocenters. The summed E-state index contributed by atoms with van der Waals surface area (Å²) in [4.78, 5) is 31.4. The summed E-state index contributed by atoms with van der Waals surface area (Å²) < 4.78 is 0. The van der Waals surface area contributed by atoms with Crippen molar-refractivity contribution < 1.29 is 4.79 Å². The molecular weight excluding hydrogens is 234 g/mol. The van der Waals surface area contributed by atoms with Crippen molar-refractivity contribution in [3.8, 4) is 0 Å². The summed E-state index contributed by atoms with van der Waals surface area (Å²) in [6.07, 6.45) is 3.35. The average molecular weight is 251 g/mol. The maximum atomic E-state index is 12.1. The van der Waals surface area contributed by atoms with Gasteiger partial charge in [0.2, 0.25) is 5.91 Å². The summed E-state index contributed by atoms with van der Waals surface area (Å²) in [5.41, 5.74) is 5.18. The Morgan fingerprint density at radius 2 is 2.22 bits per heavy atom. The molecule has 1 aromatic rings. The summed E-state index contributed by atoms with van der Waals surface area (Å²) in [7, 11) is 0. The Morgan fingerprint density at radius 1 is 1.56 bits per heavy atom. The number of nitrogens with zero attached hydrogens (tertiary/aromatic N) is 2. The van der Waals surface area contributed by atoms with Gasteiger partial charge in [-0.15, -0.1) is 0 Å². The van der Waals surface area contributed by atoms with Crippen molar-refractivity contribution in [3.05, 3.63) is 16.7 Å². The number of likely N-dealkylation sites (tertiary alicyclic amines) is 1. The van der Waals surface area contributed by atoms with E-state index in [2.05, 4.69) is 15.3 Å². The molecular formula is C11H17N5O2. The molecule has 98 valence electrons. The van der Waals surface area contributed by atoms with Crippen LogP contribution in [0, 0.1) is 0 Å². The van der Waals surface area contributed by atoms with Gasteiger partial charge in [0, 0.05) is 13.1 Å². The molecule has 1 saturated heterocycles. The molecule has 0 aromatic carbocycles. The van der Waals surface area contributed by atoms with Gasteiger partial charge in [-0.3, -0.25) is 9.59 Å². The molecule has 1 fully saturated rings. The first-order valence-electron chi connectivity index (χ1n) is 5.98. The molecule has 0 spiro atoms. The predicted octanol–water partition coefficient (Wildman–Crippen LogP) is -0.225. The van der Waals surface area contributed by atoms with Crippen LogP contribution >= 0.6 is 0 Å². The zero-order valence-electron chi connectivity index (χ0n) is 10.3. The number of nitrogen functional groups attached to an aromatic ring is 1. The fourth-order valence-electron chi connectivity index (χ4n) is 2.00. The minimum atomic E-state index is -0.445. The number of nitrogens with one attached hydrogen (secondary N) is 2. The summed E-state index contributed by atoms with van der Waals surface area (Å²) >= 11 is 0. The van der Waals surface area contributed by atoms with Gasteiger partial charge in [0.25, 0.3) is 5.56 Å². The maximum absolute atomic E-state index is 12.1. The van der Waals surface area contributed by atoms with Gasteiger partial charge >= 0.3 is 0 Å². The Labute approximate surface area is 104 Å². The second-order valence-corrected chi connectivity index (χ2v) is 4.39. The predicted molar refractivity (Wildman–Crippen MR) is 68.2 cm³/mol. The van der Waals surface area contributed by atoms with Crippen LogP contribution in [0.15, 0.2) is 11.1 Å². The molecule has 0 radical (unpaired) electrons. The van der Waals surface area contributed by atoms with Crippen LogP contribution in [0.3, 0.4) is 0 Å². The van der Waals surface area contributed by atoms with Crippen molar-refractivity contribution in [3.63, 3.8) is 0 Å². The number of carbonyl (C=O) groups is 1. The van der Waals surface area contributed by atoms with Crippen molar-refractivity contribution in [2.45, 2.75) is 25.8 Å². The van der Waals surface area contributed by atoms with Crippen molar-refractivity contribution in [2.75, 3.05) is 24.1 Å². The first kappa shape index (κ1) is 12.4. The van der Waals surface area contributed by atoms with E-state index in [-0.39, 0.29) is 17.4 Å². The van der Waals surface area contributed by atoms with Gasteiger partial charge in [-0.2, -0.15) is 0 Å². The fourth-order valence-corrected chi connectivity index (χ4v) is 2.00. The SMILES string of the molecule is CC(Nc1nc[nH]c(=O)c1N)C(=O)N1CCCC1. The second-order valence-electron chi connectivity index (χ2n) is 4.39. The van der Waals surface area contributed by atoms with Crippen LogP contribution in [0.2, 0.25) is 0 Å². The van der Waals surface area contributed by atoms with Gasteiger partial charge in [-0.1, -0.05) is 0 Å². The van der Waals surface area contributed by atoms with Gasteiger partial charge < -0.3 is 20.9 Å². The van der Waals surface area contributed by atoms with Gasteiger partial charge in [0.15, 0.2) is 5.82 Å². The smallest absolute Gasteiger partial charge is 0.276 e. The number of aromatic nitrogens is 2. The number of carbonyl (C=O) groups excluding carboxylic acids is 1. The number of aromatic amines is 1. The highest BCUT2D eigenvalue weighted by Crippen LogP contribution is 2.13. The molecule has 0 bridgehead atoms. The largest absolute Gasteiger partial charge is 0.391 e. The van der Waals surface area contributed by atoms with E-state index >= 15 is 0 Å². The van der Waals surface area contributed by atoms with Crippen LogP contribution in [0.1, 0.15) is 19.8 Å². The minimum Gasteiger partial charge on any atom is -0.391 e. The molecule has 0 aliphatic carbocycles. The Morgan fingerprint density at radius 3 is 2.89 bits per heavy atom. The van der Waals surface area contributed by atoms with Gasteiger partial charge in [-0.25, -0.2) is 4.98 Å². The topological polar surface area (TPSA) is 104 Å². The Kier molecular flexibility index (Phi) is 3.50. The highest BCUT2D eigenvalue weighted by atomic mass is 16.2. The molecule has 2 heterocycles. The van der Waals surface area contributed by atoms with E-state index in [4.69, 9.17) is 5.73 Å². The first-order chi connectivity index (χ1) is 8.59. The number of amides is 1. The molecule has 4 N–H and O–H groups in total. The third-order valence-corrected chi connectivity index (χ3v) is 3.03. The standard InChI is InChI=1S/C11H17N5O2/c1-7(11(18)16-4-2-3-5-16)15-9-8(12)10(17)14-6-13-9/h6-7H,2-5,12H2,1H3,(H2,13,14,15,17). The monoisotopic (exact) mass is 251 g/mol. The molecule has 7 nitrogen and oxygen atoms in total. The lowest BCUT2D eigenvalue weighted by Gasteiger charge is -2.21. The molecule has 2 rings (SSSR count). The third kappa shape index (κ3) is 2.44. The quantitative estimate of drug-likeness (QED) is 0.688. The second kappa shape index (κ2) is 5.07. The third-order valence-electron chi connectivity index (χ3n) is 3.03. The average Bonchev–Trinajstić information content (AvgIpc) is 2.87. The van der Waals surface area contributed by atoms with E-state index < -0.39 is 11.6 Å². The van der Waals surface area contributed by atoms with E-state index in [1.807, 2.05) is 0 Å². The van der Waals surface area contributed by atoms with Crippen LogP contribution in [-0.2, 0) is 4.79 Å². The fraction of sp³-hybridized carbons (Fsp3) is 0.545. The van der Waals surface area contributed by atoms with E-state index in [1.165, 1.54) is 6.33 Å². The number of hydrogen-bond acceptors (Lipinski definition) is 5. The number of anilines is 2. The van der Waals surface area contributed by atoms with E-state index in [0.29, 0.717) is 0 Å². The number of H-pyrrole nitrogens is 1. The zero-order chi connectivity index (χ0) is 13.1. The van der Waals surface area contributed by atoms with Gasteiger partial charge in [0.1, 0.15) is 11.7 Å². The first-order valence-corrected chi connectivity index (χ1v) is 5.98. The molecule has 1 aromatic heterocycles. The van der Waals surface area contributed by atoms with Crippen molar-refractivity contribution in [1.82, 2.24) is 14.9 Å². The van der Waals surface area contributed by atoms with E-state index in [0.717, 1.165) is 25.9 Å². The van der Waals surface area contributed by atoms with Crippen molar-refractivity contribution >= 4 is 17.4 Å². The van der Waals surface area contributed by atoms with Crippen LogP contribution in [0.25, 0.3) is 0 Å². The van der Waals surface area contributed by atoms with Crippen LogP contribution in [-0.4, -0.2) is 39.9 Å². The lowest BCUT2D eigenvalue weighted by molar-refractivity contribution is -0.130. The molecule has 1 amide bonds. The summed E-state index contributed by atoms with van der Waals surface area (Å²) in [6, 6.07) is -0.445. The normalized spacial score (nSPS) is 16.6.